The Morgan fingerprint density at radius 3 is 2.09 bits per heavy atom. The Balaban J connectivity index is 1.85. The Morgan fingerprint density at radius 1 is 0.857 bits per heavy atom. The fourth-order valence-corrected chi connectivity index (χ4v) is 4.02. The second kappa shape index (κ2) is 12.3. The summed E-state index contributed by atoms with van der Waals surface area (Å²) in [5.41, 5.74) is 4.06. The number of nitrogens with one attached hydrogen (secondary N) is 2. The summed E-state index contributed by atoms with van der Waals surface area (Å²) in [4.78, 5) is 26.6. The van der Waals surface area contributed by atoms with Crippen molar-refractivity contribution in [2.24, 2.45) is 5.92 Å². The molecule has 0 radical (unpaired) electrons. The molecule has 2 amide bonds. The van der Waals surface area contributed by atoms with Gasteiger partial charge >= 0.3 is 7.12 Å². The Morgan fingerprint density at radius 2 is 1.49 bits per heavy atom. The molecule has 6 nitrogen and oxygen atoms in total. The van der Waals surface area contributed by atoms with Crippen molar-refractivity contribution in [2.75, 3.05) is 0 Å². The first-order valence-corrected chi connectivity index (χ1v) is 11.9. The van der Waals surface area contributed by atoms with Crippen LogP contribution < -0.4 is 10.6 Å². The maximum atomic E-state index is 13.4. The molecule has 0 bridgehead atoms. The van der Waals surface area contributed by atoms with Crippen LogP contribution >= 0.6 is 0 Å². The van der Waals surface area contributed by atoms with E-state index in [0.29, 0.717) is 12.0 Å². The van der Waals surface area contributed by atoms with E-state index in [2.05, 4.69) is 10.6 Å². The Kier molecular flexibility index (Phi) is 9.23. The Hall–Kier alpha value is -3.42. The van der Waals surface area contributed by atoms with Gasteiger partial charge in [0, 0.05) is 12.0 Å². The summed E-state index contributed by atoms with van der Waals surface area (Å²) >= 11 is 0. The molecule has 4 N–H and O–H groups in total. The van der Waals surface area contributed by atoms with Gasteiger partial charge in [-0.3, -0.25) is 9.59 Å². The van der Waals surface area contributed by atoms with Gasteiger partial charge in [0.05, 0.1) is 5.94 Å². The van der Waals surface area contributed by atoms with Crippen molar-refractivity contribution in [2.45, 2.75) is 45.6 Å². The number of hydrogen-bond acceptors (Lipinski definition) is 4. The quantitative estimate of drug-likeness (QED) is 0.339. The minimum atomic E-state index is -1.70. The first-order chi connectivity index (χ1) is 16.7. The first kappa shape index (κ1) is 26.2. The first-order valence-electron chi connectivity index (χ1n) is 11.9. The fourth-order valence-electron chi connectivity index (χ4n) is 4.02. The van der Waals surface area contributed by atoms with Crippen molar-refractivity contribution in [3.8, 4) is 11.1 Å². The third-order valence-corrected chi connectivity index (χ3v) is 5.91. The molecule has 0 heterocycles. The predicted molar refractivity (Wildman–Crippen MR) is 140 cm³/mol. The summed E-state index contributed by atoms with van der Waals surface area (Å²) in [6.45, 7) is 5.73. The lowest BCUT2D eigenvalue weighted by Gasteiger charge is -2.24. The van der Waals surface area contributed by atoms with Crippen molar-refractivity contribution >= 4 is 18.9 Å². The van der Waals surface area contributed by atoms with E-state index >= 15 is 0 Å². The van der Waals surface area contributed by atoms with E-state index in [-0.39, 0.29) is 18.2 Å². The van der Waals surface area contributed by atoms with E-state index in [9.17, 15) is 19.6 Å². The zero-order valence-electron chi connectivity index (χ0n) is 20.4. The van der Waals surface area contributed by atoms with Crippen LogP contribution in [0.25, 0.3) is 11.1 Å². The van der Waals surface area contributed by atoms with Gasteiger partial charge in [0.15, 0.2) is 0 Å². The average molecular weight is 472 g/mol. The van der Waals surface area contributed by atoms with E-state index in [1.165, 1.54) is 0 Å². The van der Waals surface area contributed by atoms with Gasteiger partial charge in [-0.1, -0.05) is 86.6 Å². The van der Waals surface area contributed by atoms with Gasteiger partial charge in [0.2, 0.25) is 5.91 Å². The molecule has 1 unspecified atom stereocenters. The summed E-state index contributed by atoms with van der Waals surface area (Å²) in [6, 6.07) is 24.0. The van der Waals surface area contributed by atoms with Gasteiger partial charge < -0.3 is 20.7 Å². The largest absolute Gasteiger partial charge is 0.475 e. The molecular weight excluding hydrogens is 439 g/mol. The molecule has 0 aliphatic carbocycles. The van der Waals surface area contributed by atoms with Crippen LogP contribution in [0, 0.1) is 12.8 Å². The van der Waals surface area contributed by atoms with Gasteiger partial charge in [0.1, 0.15) is 6.04 Å². The average Bonchev–Trinajstić information content (AvgIpc) is 2.84. The second-order valence-corrected chi connectivity index (χ2v) is 9.27. The van der Waals surface area contributed by atoms with Crippen LogP contribution in [-0.4, -0.2) is 41.0 Å². The SMILES string of the molecule is Cc1ccc(-c2ccccc2)cc1C(=O)N[C@@H](Cc1ccccc1)C(=O)NC(CC(C)C)B(O)O. The lowest BCUT2D eigenvalue weighted by atomic mass is 9.75. The van der Waals surface area contributed by atoms with Crippen molar-refractivity contribution in [3.05, 3.63) is 95.6 Å². The molecule has 3 aromatic carbocycles. The molecule has 182 valence electrons. The molecule has 3 rings (SSSR count). The summed E-state index contributed by atoms with van der Waals surface area (Å²) in [5.74, 6) is -1.51. The number of benzene rings is 3. The fraction of sp³-hybridized carbons (Fsp3) is 0.286. The van der Waals surface area contributed by atoms with Crippen LogP contribution in [0.15, 0.2) is 78.9 Å². The summed E-state index contributed by atoms with van der Waals surface area (Å²) < 4.78 is 0. The van der Waals surface area contributed by atoms with E-state index in [0.717, 1.165) is 22.3 Å². The molecule has 35 heavy (non-hydrogen) atoms. The van der Waals surface area contributed by atoms with Gasteiger partial charge in [-0.25, -0.2) is 0 Å². The number of carbonyl (C=O) groups is 2. The molecular formula is C28H33BN2O4. The highest BCUT2D eigenvalue weighted by molar-refractivity contribution is 6.43. The topological polar surface area (TPSA) is 98.7 Å². The standard InChI is InChI=1S/C28H33BN2O4/c1-19(2)16-26(29(34)35)31-28(33)25(17-21-10-6-4-7-11-21)30-27(32)24-18-23(15-14-20(24)3)22-12-8-5-9-13-22/h4-15,18-19,25-26,34-35H,16-17H2,1-3H3,(H,30,32)(H,31,33)/t25-,26?/m0/s1. The predicted octanol–water partition coefficient (Wildman–Crippen LogP) is 3.55. The van der Waals surface area contributed by atoms with Gasteiger partial charge in [-0.05, 0) is 47.6 Å². The Labute approximate surface area is 207 Å². The third kappa shape index (κ3) is 7.54. The zero-order chi connectivity index (χ0) is 25.4. The van der Waals surface area contributed by atoms with Gasteiger partial charge in [-0.15, -0.1) is 0 Å². The minimum absolute atomic E-state index is 0.146. The Bertz CT molecular complexity index is 1120. The number of carbonyl (C=O) groups excluding carboxylic acids is 2. The molecule has 0 fully saturated rings. The molecule has 2 atom stereocenters. The van der Waals surface area contributed by atoms with E-state index in [4.69, 9.17) is 0 Å². The van der Waals surface area contributed by atoms with E-state index in [1.807, 2.05) is 99.6 Å². The number of amides is 2. The third-order valence-electron chi connectivity index (χ3n) is 5.91. The zero-order valence-corrected chi connectivity index (χ0v) is 20.4. The highest BCUT2D eigenvalue weighted by atomic mass is 16.4. The van der Waals surface area contributed by atoms with Crippen LogP contribution in [0.5, 0.6) is 0 Å². The summed E-state index contributed by atoms with van der Waals surface area (Å²) in [6.07, 6.45) is 0.666. The number of rotatable bonds is 10. The summed E-state index contributed by atoms with van der Waals surface area (Å²) in [7, 11) is -1.70. The van der Waals surface area contributed by atoms with Crippen LogP contribution in [-0.2, 0) is 11.2 Å². The normalized spacial score (nSPS) is 12.6. The lowest BCUT2D eigenvalue weighted by molar-refractivity contribution is -0.123. The van der Waals surface area contributed by atoms with Crippen LogP contribution in [0.4, 0.5) is 0 Å². The monoisotopic (exact) mass is 472 g/mol. The molecule has 3 aromatic rings. The van der Waals surface area contributed by atoms with Crippen LogP contribution in [0.1, 0.15) is 41.8 Å². The minimum Gasteiger partial charge on any atom is -0.426 e. The highest BCUT2D eigenvalue weighted by Crippen LogP contribution is 2.22. The molecule has 0 aliphatic heterocycles. The molecule has 0 saturated carbocycles. The lowest BCUT2D eigenvalue weighted by Crippen LogP contribution is -2.55. The van der Waals surface area contributed by atoms with E-state index in [1.54, 1.807) is 0 Å². The molecule has 0 spiro atoms. The van der Waals surface area contributed by atoms with Crippen molar-refractivity contribution in [3.63, 3.8) is 0 Å². The van der Waals surface area contributed by atoms with Gasteiger partial charge in [0.25, 0.3) is 5.91 Å². The second-order valence-electron chi connectivity index (χ2n) is 9.27. The number of hydrogen-bond donors (Lipinski definition) is 4. The highest BCUT2D eigenvalue weighted by Gasteiger charge is 2.30. The molecule has 0 aliphatic rings. The number of aryl methyl sites for hydroxylation is 1. The van der Waals surface area contributed by atoms with Crippen LogP contribution in [0.2, 0.25) is 0 Å². The molecule has 0 aromatic heterocycles. The van der Waals surface area contributed by atoms with Crippen molar-refractivity contribution in [1.29, 1.82) is 0 Å². The summed E-state index contributed by atoms with van der Waals surface area (Å²) in [5, 5.41) is 25.1. The smallest absolute Gasteiger partial charge is 0.426 e. The van der Waals surface area contributed by atoms with E-state index < -0.39 is 25.0 Å². The van der Waals surface area contributed by atoms with Crippen molar-refractivity contribution < 1.29 is 19.6 Å². The maximum absolute atomic E-state index is 13.4. The van der Waals surface area contributed by atoms with Crippen LogP contribution in [0.3, 0.4) is 0 Å². The van der Waals surface area contributed by atoms with Crippen molar-refractivity contribution in [1.82, 2.24) is 10.6 Å². The molecule has 0 saturated heterocycles. The van der Waals surface area contributed by atoms with Gasteiger partial charge in [-0.2, -0.15) is 0 Å². The maximum Gasteiger partial charge on any atom is 0.475 e. The molecule has 7 heteroatoms.